The SMILES string of the molecule is CC(C)(O)C(=O)N[C@@H]1C[C@@H]2CN(c3ccc(C(F)(F)F)cc3)c3cccnc3N2C1. The first-order chi connectivity index (χ1) is 14.0. The summed E-state index contributed by atoms with van der Waals surface area (Å²) >= 11 is 0. The Balaban J connectivity index is 1.60. The quantitative estimate of drug-likeness (QED) is 0.799. The Morgan fingerprint density at radius 3 is 2.50 bits per heavy atom. The van der Waals surface area contributed by atoms with E-state index in [0.29, 0.717) is 25.2 Å². The summed E-state index contributed by atoms with van der Waals surface area (Å²) in [5, 5.41) is 12.8. The molecule has 0 aliphatic carbocycles. The van der Waals surface area contributed by atoms with Crippen molar-refractivity contribution < 1.29 is 23.1 Å². The number of nitrogens with one attached hydrogen (secondary N) is 1. The Labute approximate surface area is 172 Å². The summed E-state index contributed by atoms with van der Waals surface area (Å²) in [7, 11) is 0. The minimum Gasteiger partial charge on any atom is -0.381 e. The maximum atomic E-state index is 12.9. The van der Waals surface area contributed by atoms with Gasteiger partial charge in [-0.25, -0.2) is 4.98 Å². The van der Waals surface area contributed by atoms with Crippen LogP contribution in [0.5, 0.6) is 0 Å². The van der Waals surface area contributed by atoms with Gasteiger partial charge in [-0.15, -0.1) is 0 Å². The standard InChI is InChI=1S/C21H23F3N4O2/c1-20(2,30)19(29)26-14-10-16-12-27(15-7-5-13(6-8-15)21(22,23)24)17-4-3-9-25-18(17)28(16)11-14/h3-9,14,16,30H,10-12H2,1-2H3,(H,26,29)/t14-,16-/m1/s1. The number of alkyl halides is 3. The lowest BCUT2D eigenvalue weighted by atomic mass is 10.1. The van der Waals surface area contributed by atoms with Gasteiger partial charge in [-0.2, -0.15) is 13.2 Å². The third-order valence-electron chi connectivity index (χ3n) is 5.53. The van der Waals surface area contributed by atoms with Gasteiger partial charge in [0, 0.05) is 31.0 Å². The molecule has 6 nitrogen and oxygen atoms in total. The third-order valence-corrected chi connectivity index (χ3v) is 5.53. The Bertz CT molecular complexity index is 941. The molecular weight excluding hydrogens is 397 g/mol. The molecule has 1 saturated heterocycles. The van der Waals surface area contributed by atoms with E-state index in [9.17, 15) is 23.1 Å². The summed E-state index contributed by atoms with van der Waals surface area (Å²) < 4.78 is 38.8. The number of rotatable bonds is 3. The van der Waals surface area contributed by atoms with Crippen LogP contribution in [0, 0.1) is 0 Å². The number of carbonyl (C=O) groups is 1. The van der Waals surface area contributed by atoms with Crippen LogP contribution in [0.2, 0.25) is 0 Å². The smallest absolute Gasteiger partial charge is 0.381 e. The van der Waals surface area contributed by atoms with E-state index in [1.165, 1.54) is 26.0 Å². The van der Waals surface area contributed by atoms with Crippen molar-refractivity contribution in [1.29, 1.82) is 0 Å². The maximum absolute atomic E-state index is 12.9. The van der Waals surface area contributed by atoms with Gasteiger partial charge in [0.15, 0.2) is 5.82 Å². The highest BCUT2D eigenvalue weighted by atomic mass is 19.4. The highest BCUT2D eigenvalue weighted by Crippen LogP contribution is 2.42. The van der Waals surface area contributed by atoms with Gasteiger partial charge in [0.2, 0.25) is 0 Å². The molecule has 2 aromatic rings. The fourth-order valence-electron chi connectivity index (χ4n) is 4.02. The molecule has 9 heteroatoms. The number of benzene rings is 1. The summed E-state index contributed by atoms with van der Waals surface area (Å²) in [4.78, 5) is 20.8. The number of nitrogens with zero attached hydrogens (tertiary/aromatic N) is 3. The van der Waals surface area contributed by atoms with Crippen molar-refractivity contribution in [1.82, 2.24) is 10.3 Å². The number of halogens is 3. The van der Waals surface area contributed by atoms with Crippen molar-refractivity contribution in [2.75, 3.05) is 22.9 Å². The zero-order valence-electron chi connectivity index (χ0n) is 16.6. The number of fused-ring (bicyclic) bond motifs is 3. The molecule has 2 N–H and O–H groups in total. The van der Waals surface area contributed by atoms with Crippen molar-refractivity contribution >= 4 is 23.1 Å². The molecule has 30 heavy (non-hydrogen) atoms. The number of pyridine rings is 1. The van der Waals surface area contributed by atoms with Crippen LogP contribution in [0.25, 0.3) is 0 Å². The van der Waals surface area contributed by atoms with Crippen molar-refractivity contribution in [3.05, 3.63) is 48.2 Å². The number of carbonyl (C=O) groups excluding carboxylic acids is 1. The number of anilines is 3. The van der Waals surface area contributed by atoms with Crippen molar-refractivity contribution in [3.63, 3.8) is 0 Å². The highest BCUT2D eigenvalue weighted by molar-refractivity contribution is 5.84. The molecule has 0 bridgehead atoms. The van der Waals surface area contributed by atoms with Gasteiger partial charge in [0.1, 0.15) is 5.60 Å². The lowest BCUT2D eigenvalue weighted by molar-refractivity contribution is -0.138. The van der Waals surface area contributed by atoms with Crippen LogP contribution in [0.1, 0.15) is 25.8 Å². The van der Waals surface area contributed by atoms with E-state index in [4.69, 9.17) is 0 Å². The highest BCUT2D eigenvalue weighted by Gasteiger charge is 2.41. The predicted octanol–water partition coefficient (Wildman–Crippen LogP) is 3.09. The normalized spacial score (nSPS) is 21.3. The molecule has 2 atom stereocenters. The molecule has 0 radical (unpaired) electrons. The Morgan fingerprint density at radius 1 is 1.17 bits per heavy atom. The molecular formula is C21H23F3N4O2. The van der Waals surface area contributed by atoms with Gasteiger partial charge in [-0.1, -0.05) is 0 Å². The molecule has 0 saturated carbocycles. The van der Waals surface area contributed by atoms with Gasteiger partial charge >= 0.3 is 6.18 Å². The molecule has 1 aromatic carbocycles. The lowest BCUT2D eigenvalue weighted by Gasteiger charge is -2.40. The van der Waals surface area contributed by atoms with Crippen LogP contribution >= 0.6 is 0 Å². The van der Waals surface area contributed by atoms with Gasteiger partial charge in [0.05, 0.1) is 17.3 Å². The second-order valence-corrected chi connectivity index (χ2v) is 8.27. The summed E-state index contributed by atoms with van der Waals surface area (Å²) in [5.41, 5.74) is -0.693. The summed E-state index contributed by atoms with van der Waals surface area (Å²) in [6, 6.07) is 8.66. The van der Waals surface area contributed by atoms with E-state index in [0.717, 1.165) is 23.6 Å². The zero-order valence-corrected chi connectivity index (χ0v) is 16.6. The average Bonchev–Trinajstić information content (AvgIpc) is 3.08. The first kappa shape index (κ1) is 20.5. The number of amides is 1. The zero-order chi connectivity index (χ0) is 21.7. The summed E-state index contributed by atoms with van der Waals surface area (Å²) in [6.45, 7) is 3.98. The second kappa shape index (κ2) is 7.16. The number of hydrogen-bond donors (Lipinski definition) is 2. The molecule has 1 aromatic heterocycles. The van der Waals surface area contributed by atoms with Crippen LogP contribution in [-0.2, 0) is 11.0 Å². The van der Waals surface area contributed by atoms with E-state index in [1.54, 1.807) is 12.3 Å². The third kappa shape index (κ3) is 3.81. The predicted molar refractivity (Wildman–Crippen MR) is 107 cm³/mol. The van der Waals surface area contributed by atoms with Crippen LogP contribution in [-0.4, -0.2) is 46.8 Å². The molecule has 160 valence electrons. The fourth-order valence-corrected chi connectivity index (χ4v) is 4.02. The summed E-state index contributed by atoms with van der Waals surface area (Å²) in [5.74, 6) is 0.293. The molecule has 0 unspecified atom stereocenters. The lowest BCUT2D eigenvalue weighted by Crippen LogP contribution is -2.47. The molecule has 4 rings (SSSR count). The monoisotopic (exact) mass is 420 g/mol. The Kier molecular flexibility index (Phi) is 4.88. The topological polar surface area (TPSA) is 68.7 Å². The van der Waals surface area contributed by atoms with Gasteiger partial charge < -0.3 is 20.2 Å². The number of hydrogen-bond acceptors (Lipinski definition) is 5. The van der Waals surface area contributed by atoms with Crippen molar-refractivity contribution in [2.24, 2.45) is 0 Å². The van der Waals surface area contributed by atoms with Crippen LogP contribution in [0.3, 0.4) is 0 Å². The van der Waals surface area contributed by atoms with E-state index in [-0.39, 0.29) is 12.1 Å². The minimum atomic E-state index is -4.38. The largest absolute Gasteiger partial charge is 0.416 e. The Hall–Kier alpha value is -2.81. The number of aliphatic hydroxyl groups is 1. The van der Waals surface area contributed by atoms with Crippen molar-refractivity contribution in [3.8, 4) is 0 Å². The van der Waals surface area contributed by atoms with E-state index < -0.39 is 23.2 Å². The van der Waals surface area contributed by atoms with E-state index in [2.05, 4.69) is 15.2 Å². The maximum Gasteiger partial charge on any atom is 0.416 e. The van der Waals surface area contributed by atoms with Crippen LogP contribution in [0.15, 0.2) is 42.6 Å². The van der Waals surface area contributed by atoms with Crippen molar-refractivity contribution in [2.45, 2.75) is 44.1 Å². The van der Waals surface area contributed by atoms with Gasteiger partial charge in [0.25, 0.3) is 5.91 Å². The molecule has 1 amide bonds. The first-order valence-electron chi connectivity index (χ1n) is 9.74. The molecule has 2 aliphatic heterocycles. The van der Waals surface area contributed by atoms with E-state index in [1.807, 2.05) is 11.0 Å². The Morgan fingerprint density at radius 2 is 1.87 bits per heavy atom. The molecule has 0 spiro atoms. The summed E-state index contributed by atoms with van der Waals surface area (Å²) in [6.07, 6.45) is -2.06. The molecule has 1 fully saturated rings. The minimum absolute atomic E-state index is 0.0294. The first-order valence-corrected chi connectivity index (χ1v) is 9.74. The van der Waals surface area contributed by atoms with Crippen LogP contribution < -0.4 is 15.1 Å². The van der Waals surface area contributed by atoms with Crippen LogP contribution in [0.4, 0.5) is 30.4 Å². The fraction of sp³-hybridized carbons (Fsp3) is 0.429. The average molecular weight is 420 g/mol. The molecule has 3 heterocycles. The van der Waals surface area contributed by atoms with Gasteiger partial charge in [-0.3, -0.25) is 4.79 Å². The number of aromatic nitrogens is 1. The molecule has 2 aliphatic rings. The second-order valence-electron chi connectivity index (χ2n) is 8.27. The van der Waals surface area contributed by atoms with Gasteiger partial charge in [-0.05, 0) is 56.7 Å². The van der Waals surface area contributed by atoms with E-state index >= 15 is 0 Å².